The molecule has 2 aromatic rings. The number of amidine groups is 2. The number of hydrogen-bond acceptors (Lipinski definition) is 6. The first-order chi connectivity index (χ1) is 19.4. The van der Waals surface area contributed by atoms with E-state index in [4.69, 9.17) is 10.4 Å². The van der Waals surface area contributed by atoms with Crippen molar-refractivity contribution in [2.45, 2.75) is 39.0 Å². The van der Waals surface area contributed by atoms with Gasteiger partial charge in [0.15, 0.2) is 0 Å². The number of aliphatic hydroxyl groups is 1. The van der Waals surface area contributed by atoms with Crippen LogP contribution in [0.25, 0.3) is 17.2 Å². The van der Waals surface area contributed by atoms with Gasteiger partial charge >= 0.3 is 0 Å². The Labute approximate surface area is 238 Å². The minimum Gasteiger partial charge on any atom is -0.396 e. The first-order valence-electron chi connectivity index (χ1n) is 14.5. The van der Waals surface area contributed by atoms with E-state index < -0.39 is 0 Å². The van der Waals surface area contributed by atoms with Crippen molar-refractivity contribution < 1.29 is 9.90 Å². The molecular weight excluding hydrogens is 500 g/mol. The molecule has 4 rings (SSSR count). The molecule has 1 fully saturated rings. The first-order valence-corrected chi connectivity index (χ1v) is 14.5. The Morgan fingerprint density at radius 1 is 1.05 bits per heavy atom. The lowest BCUT2D eigenvalue weighted by atomic mass is 9.99. The number of aliphatic hydroxyl groups excluding tert-OH is 1. The quantitative estimate of drug-likeness (QED) is 0.289. The fourth-order valence-electron chi connectivity index (χ4n) is 5.20. The van der Waals surface area contributed by atoms with Crippen LogP contribution in [0.4, 0.5) is 5.69 Å². The van der Waals surface area contributed by atoms with Crippen molar-refractivity contribution in [3.63, 3.8) is 0 Å². The molecule has 0 spiro atoms. The van der Waals surface area contributed by atoms with E-state index in [0.717, 1.165) is 79.2 Å². The van der Waals surface area contributed by atoms with Crippen molar-refractivity contribution in [1.82, 2.24) is 20.0 Å². The maximum atomic E-state index is 13.6. The van der Waals surface area contributed by atoms with Crippen molar-refractivity contribution in [3.8, 4) is 11.1 Å². The average Bonchev–Trinajstić information content (AvgIpc) is 3.43. The summed E-state index contributed by atoms with van der Waals surface area (Å²) in [4.78, 5) is 24.7. The molecule has 8 nitrogen and oxygen atoms in total. The number of benzene rings is 2. The van der Waals surface area contributed by atoms with Gasteiger partial charge in [-0.3, -0.25) is 10.2 Å². The Morgan fingerprint density at radius 3 is 2.45 bits per heavy atom. The van der Waals surface area contributed by atoms with Gasteiger partial charge in [0.2, 0.25) is 5.91 Å². The first kappa shape index (κ1) is 29.5. The summed E-state index contributed by atoms with van der Waals surface area (Å²) in [7, 11) is 4.07. The maximum absolute atomic E-state index is 13.6. The third kappa shape index (κ3) is 7.58. The maximum Gasteiger partial charge on any atom is 0.250 e. The summed E-state index contributed by atoms with van der Waals surface area (Å²) in [6.07, 6.45) is 6.16. The van der Waals surface area contributed by atoms with Gasteiger partial charge in [0.25, 0.3) is 0 Å². The van der Waals surface area contributed by atoms with Gasteiger partial charge in [0, 0.05) is 69.0 Å². The minimum absolute atomic E-state index is 0.00498. The Hall–Kier alpha value is -3.49. The molecule has 0 aliphatic carbocycles. The SMILES string of the molecule is CCCN(CCCO)C(=O)C1=Cc2ccc(-c3ccc(C(=N)N4CCCC4)cc3)cc2N=C(NCCN(C)C)C1. The predicted octanol–water partition coefficient (Wildman–Crippen LogP) is 4.36. The molecular formula is C32H44N6O2. The van der Waals surface area contributed by atoms with Gasteiger partial charge in [-0.2, -0.15) is 0 Å². The number of nitrogens with one attached hydrogen (secondary N) is 2. The van der Waals surface area contributed by atoms with Crippen LogP contribution in [-0.4, -0.2) is 97.4 Å². The zero-order valence-electron chi connectivity index (χ0n) is 24.2. The zero-order chi connectivity index (χ0) is 28.5. The molecule has 0 atom stereocenters. The lowest BCUT2D eigenvalue weighted by Gasteiger charge is -2.23. The van der Waals surface area contributed by atoms with Crippen molar-refractivity contribution in [1.29, 1.82) is 5.41 Å². The number of hydrogen-bond donors (Lipinski definition) is 3. The van der Waals surface area contributed by atoms with E-state index in [1.807, 2.05) is 43.3 Å². The molecule has 2 aliphatic rings. The smallest absolute Gasteiger partial charge is 0.250 e. The highest BCUT2D eigenvalue weighted by molar-refractivity contribution is 6.06. The monoisotopic (exact) mass is 544 g/mol. The molecule has 0 radical (unpaired) electrons. The number of aliphatic imine (C=N–C) groups is 1. The topological polar surface area (TPSA) is 95.3 Å². The molecule has 3 N–H and O–H groups in total. The Morgan fingerprint density at radius 2 is 1.77 bits per heavy atom. The van der Waals surface area contributed by atoms with Gasteiger partial charge in [-0.15, -0.1) is 0 Å². The molecule has 2 heterocycles. The van der Waals surface area contributed by atoms with Gasteiger partial charge in [-0.1, -0.05) is 43.3 Å². The molecule has 40 heavy (non-hydrogen) atoms. The largest absolute Gasteiger partial charge is 0.396 e. The lowest BCUT2D eigenvalue weighted by molar-refractivity contribution is -0.127. The molecule has 0 bridgehead atoms. The van der Waals surface area contributed by atoms with Gasteiger partial charge < -0.3 is 25.1 Å². The zero-order valence-corrected chi connectivity index (χ0v) is 24.2. The van der Waals surface area contributed by atoms with Crippen LogP contribution < -0.4 is 5.32 Å². The molecule has 8 heteroatoms. The number of rotatable bonds is 11. The molecule has 2 aliphatic heterocycles. The number of nitrogens with zero attached hydrogens (tertiary/aromatic N) is 4. The summed E-state index contributed by atoms with van der Waals surface area (Å²) in [6, 6.07) is 14.4. The van der Waals surface area contributed by atoms with Gasteiger partial charge in [0.05, 0.1) is 5.69 Å². The number of likely N-dealkylation sites (N-methyl/N-ethyl adjacent to an activating group) is 1. The summed E-state index contributed by atoms with van der Waals surface area (Å²) >= 11 is 0. The summed E-state index contributed by atoms with van der Waals surface area (Å²) in [6.45, 7) is 6.85. The summed E-state index contributed by atoms with van der Waals surface area (Å²) in [5.41, 5.74) is 5.52. The van der Waals surface area contributed by atoms with E-state index in [1.165, 1.54) is 0 Å². The van der Waals surface area contributed by atoms with E-state index in [9.17, 15) is 9.90 Å². The standard InChI is InChI=1S/C32H44N6O2/c1-4-15-38(18-7-20-39)32(40)28-21-27-13-12-26(22-29(27)35-30(23-28)34-14-19-36(2)3)24-8-10-25(11-9-24)31(33)37-16-5-6-17-37/h8-13,21-22,33,39H,4-7,14-20,23H2,1-3H3,(H,34,35). The van der Waals surface area contributed by atoms with Crippen molar-refractivity contribution in [2.24, 2.45) is 4.99 Å². The molecule has 1 amide bonds. The van der Waals surface area contributed by atoms with Crippen LogP contribution in [0.1, 0.15) is 50.2 Å². The van der Waals surface area contributed by atoms with Crippen LogP contribution >= 0.6 is 0 Å². The van der Waals surface area contributed by atoms with E-state index >= 15 is 0 Å². The Kier molecular flexibility index (Phi) is 10.5. The molecule has 1 saturated heterocycles. The van der Waals surface area contributed by atoms with Crippen LogP contribution in [0, 0.1) is 5.41 Å². The second-order valence-electron chi connectivity index (χ2n) is 10.9. The average molecular weight is 545 g/mol. The van der Waals surface area contributed by atoms with Crippen LogP contribution in [-0.2, 0) is 4.79 Å². The Bertz CT molecular complexity index is 1230. The van der Waals surface area contributed by atoms with E-state index in [1.54, 1.807) is 0 Å². The van der Waals surface area contributed by atoms with Crippen LogP contribution in [0.15, 0.2) is 53.0 Å². The highest BCUT2D eigenvalue weighted by Crippen LogP contribution is 2.32. The third-order valence-electron chi connectivity index (χ3n) is 7.42. The number of amides is 1. The van der Waals surface area contributed by atoms with Crippen molar-refractivity contribution >= 4 is 29.3 Å². The molecule has 0 unspecified atom stereocenters. The highest BCUT2D eigenvalue weighted by atomic mass is 16.3. The summed E-state index contributed by atoms with van der Waals surface area (Å²) < 4.78 is 0. The van der Waals surface area contributed by atoms with Crippen molar-refractivity contribution in [2.75, 3.05) is 60.0 Å². The molecule has 0 saturated carbocycles. The fourth-order valence-corrected chi connectivity index (χ4v) is 5.20. The molecule has 2 aromatic carbocycles. The Balaban J connectivity index is 1.62. The van der Waals surface area contributed by atoms with E-state index in [-0.39, 0.29) is 12.5 Å². The predicted molar refractivity (Wildman–Crippen MR) is 164 cm³/mol. The van der Waals surface area contributed by atoms with Gasteiger partial charge in [0.1, 0.15) is 11.7 Å². The van der Waals surface area contributed by atoms with E-state index in [2.05, 4.69) is 46.3 Å². The van der Waals surface area contributed by atoms with Crippen molar-refractivity contribution in [3.05, 3.63) is 59.2 Å². The minimum atomic E-state index is 0.00498. The second kappa shape index (κ2) is 14.2. The van der Waals surface area contributed by atoms with E-state index in [0.29, 0.717) is 37.3 Å². The number of fused-ring (bicyclic) bond motifs is 1. The van der Waals surface area contributed by atoms with Gasteiger partial charge in [-0.25, -0.2) is 4.99 Å². The van der Waals surface area contributed by atoms with Gasteiger partial charge in [-0.05, 0) is 63.0 Å². The lowest BCUT2D eigenvalue weighted by Crippen LogP contribution is -2.36. The van der Waals surface area contributed by atoms with Crippen LogP contribution in [0.5, 0.6) is 0 Å². The normalized spacial score (nSPS) is 14.9. The fraction of sp³-hybridized carbons (Fsp3) is 0.469. The highest BCUT2D eigenvalue weighted by Gasteiger charge is 2.22. The number of likely N-dealkylation sites (tertiary alicyclic amines) is 1. The number of carbonyl (C=O) groups excluding carboxylic acids is 1. The molecule has 214 valence electrons. The summed E-state index contributed by atoms with van der Waals surface area (Å²) in [5.74, 6) is 1.39. The number of carbonyl (C=O) groups is 1. The van der Waals surface area contributed by atoms with Crippen LogP contribution in [0.3, 0.4) is 0 Å². The molecule has 0 aromatic heterocycles. The second-order valence-corrected chi connectivity index (χ2v) is 10.9. The third-order valence-corrected chi connectivity index (χ3v) is 7.42. The van der Waals surface area contributed by atoms with Crippen LogP contribution in [0.2, 0.25) is 0 Å². The summed E-state index contributed by atoms with van der Waals surface area (Å²) in [5, 5.41) is 21.4.